The van der Waals surface area contributed by atoms with Crippen LogP contribution in [0, 0.1) is 5.82 Å². The highest BCUT2D eigenvalue weighted by atomic mass is 19.1. The molecule has 0 aliphatic rings. The summed E-state index contributed by atoms with van der Waals surface area (Å²) in [4.78, 5) is 4.71. The topological polar surface area (TPSA) is 30.8 Å². The first-order valence-corrected chi connectivity index (χ1v) is 6.31. The molecule has 0 heterocycles. The van der Waals surface area contributed by atoms with Gasteiger partial charge in [-0.25, -0.2) is 4.39 Å². The first kappa shape index (κ1) is 15.2. The summed E-state index contributed by atoms with van der Waals surface area (Å²) < 4.78 is 19.4. The molecule has 0 spiro atoms. The van der Waals surface area contributed by atoms with Crippen molar-refractivity contribution in [3.8, 4) is 5.75 Å². The second-order valence-electron chi connectivity index (χ2n) is 4.11. The molecule has 0 atom stereocenters. The lowest BCUT2D eigenvalue weighted by Gasteiger charge is -2.09. The number of ether oxygens (including phenoxy) is 1. The van der Waals surface area contributed by atoms with Gasteiger partial charge in [0, 0.05) is 11.6 Å². The number of nitrogens with zero attached hydrogens (tertiary/aromatic N) is 1. The SMILES string of the molecule is C=C(CC)COc1ccc(/C(CC)=N/OC)c(F)c1. The van der Waals surface area contributed by atoms with E-state index in [4.69, 9.17) is 9.57 Å². The van der Waals surface area contributed by atoms with E-state index in [1.54, 1.807) is 12.1 Å². The van der Waals surface area contributed by atoms with Gasteiger partial charge in [-0.3, -0.25) is 0 Å². The minimum atomic E-state index is -0.364. The van der Waals surface area contributed by atoms with E-state index < -0.39 is 0 Å². The Bertz CT molecular complexity index is 469. The van der Waals surface area contributed by atoms with Gasteiger partial charge >= 0.3 is 0 Å². The zero-order valence-corrected chi connectivity index (χ0v) is 11.7. The third-order valence-electron chi connectivity index (χ3n) is 2.73. The molecule has 0 aliphatic heterocycles. The van der Waals surface area contributed by atoms with Gasteiger partial charge in [0.25, 0.3) is 0 Å². The van der Waals surface area contributed by atoms with E-state index >= 15 is 0 Å². The summed E-state index contributed by atoms with van der Waals surface area (Å²) in [6.07, 6.45) is 1.44. The Morgan fingerprint density at radius 1 is 1.32 bits per heavy atom. The van der Waals surface area contributed by atoms with Gasteiger partial charge in [-0.2, -0.15) is 0 Å². The molecule has 0 amide bonds. The molecule has 4 heteroatoms. The normalized spacial score (nSPS) is 11.3. The van der Waals surface area contributed by atoms with Crippen molar-refractivity contribution in [3.63, 3.8) is 0 Å². The second kappa shape index (κ2) is 7.56. The number of hydrogen-bond acceptors (Lipinski definition) is 3. The van der Waals surface area contributed by atoms with Crippen LogP contribution in [0.25, 0.3) is 0 Å². The predicted molar refractivity (Wildman–Crippen MR) is 75.2 cm³/mol. The minimum Gasteiger partial charge on any atom is -0.489 e. The van der Waals surface area contributed by atoms with Crippen LogP contribution in [0.15, 0.2) is 35.5 Å². The van der Waals surface area contributed by atoms with Gasteiger partial charge in [0.2, 0.25) is 0 Å². The van der Waals surface area contributed by atoms with Crippen LogP contribution >= 0.6 is 0 Å². The number of oxime groups is 1. The molecular weight excluding hydrogens is 245 g/mol. The largest absolute Gasteiger partial charge is 0.489 e. The first-order valence-electron chi connectivity index (χ1n) is 6.31. The molecular formula is C15H20FNO2. The van der Waals surface area contributed by atoms with E-state index in [9.17, 15) is 4.39 Å². The molecule has 0 aromatic heterocycles. The van der Waals surface area contributed by atoms with Gasteiger partial charge in [0.05, 0.1) is 5.71 Å². The lowest BCUT2D eigenvalue weighted by Crippen LogP contribution is -2.05. The molecule has 1 rings (SSSR count). The third kappa shape index (κ3) is 4.39. The lowest BCUT2D eigenvalue weighted by atomic mass is 10.1. The standard InChI is InChI=1S/C15H20FNO2/c1-5-11(3)10-19-12-7-8-13(14(16)9-12)15(6-2)17-18-4/h7-9H,3,5-6,10H2,1-2,4H3/b17-15+. The summed E-state index contributed by atoms with van der Waals surface area (Å²) in [5.74, 6) is 0.126. The van der Waals surface area contributed by atoms with Crippen molar-refractivity contribution >= 4 is 5.71 Å². The van der Waals surface area contributed by atoms with Crippen molar-refractivity contribution in [1.82, 2.24) is 0 Å². The quantitative estimate of drug-likeness (QED) is 0.425. The number of halogens is 1. The van der Waals surface area contributed by atoms with E-state index in [1.807, 2.05) is 13.8 Å². The summed E-state index contributed by atoms with van der Waals surface area (Å²) in [6.45, 7) is 8.14. The van der Waals surface area contributed by atoms with Crippen LogP contribution < -0.4 is 4.74 Å². The highest BCUT2D eigenvalue weighted by Gasteiger charge is 2.10. The maximum Gasteiger partial charge on any atom is 0.136 e. The van der Waals surface area contributed by atoms with Crippen LogP contribution in [-0.4, -0.2) is 19.4 Å². The number of hydrogen-bond donors (Lipinski definition) is 0. The second-order valence-corrected chi connectivity index (χ2v) is 4.11. The highest BCUT2D eigenvalue weighted by molar-refractivity contribution is 6.00. The Morgan fingerprint density at radius 2 is 2.05 bits per heavy atom. The number of rotatable bonds is 7. The van der Waals surface area contributed by atoms with Crippen molar-refractivity contribution in [3.05, 3.63) is 41.7 Å². The molecule has 0 N–H and O–H groups in total. The Kier molecular flexibility index (Phi) is 6.06. The van der Waals surface area contributed by atoms with Crippen LogP contribution in [0.5, 0.6) is 5.75 Å². The van der Waals surface area contributed by atoms with Crippen LogP contribution in [-0.2, 0) is 4.84 Å². The molecule has 0 saturated heterocycles. The fourth-order valence-corrected chi connectivity index (χ4v) is 1.52. The zero-order chi connectivity index (χ0) is 14.3. The molecule has 1 aromatic carbocycles. The summed E-state index contributed by atoms with van der Waals surface area (Å²) >= 11 is 0. The fraction of sp³-hybridized carbons (Fsp3) is 0.400. The average Bonchev–Trinajstić information content (AvgIpc) is 2.42. The Balaban J connectivity index is 2.85. The van der Waals surface area contributed by atoms with Crippen molar-refractivity contribution in [2.75, 3.05) is 13.7 Å². The fourth-order valence-electron chi connectivity index (χ4n) is 1.52. The molecule has 0 unspecified atom stereocenters. The lowest BCUT2D eigenvalue weighted by molar-refractivity contribution is 0.213. The van der Waals surface area contributed by atoms with Crippen molar-refractivity contribution < 1.29 is 14.0 Å². The van der Waals surface area contributed by atoms with Crippen molar-refractivity contribution in [2.24, 2.45) is 5.16 Å². The summed E-state index contributed by atoms with van der Waals surface area (Å²) in [7, 11) is 1.45. The third-order valence-corrected chi connectivity index (χ3v) is 2.73. The molecule has 104 valence electrons. The maximum absolute atomic E-state index is 14.0. The molecule has 0 saturated carbocycles. The Morgan fingerprint density at radius 3 is 2.58 bits per heavy atom. The molecule has 0 radical (unpaired) electrons. The van der Waals surface area contributed by atoms with Crippen LogP contribution in [0.1, 0.15) is 32.3 Å². The van der Waals surface area contributed by atoms with E-state index in [0.29, 0.717) is 30.1 Å². The van der Waals surface area contributed by atoms with Crippen LogP contribution in [0.3, 0.4) is 0 Å². The van der Waals surface area contributed by atoms with Gasteiger partial charge in [0.1, 0.15) is 25.3 Å². The van der Waals surface area contributed by atoms with Crippen molar-refractivity contribution in [2.45, 2.75) is 26.7 Å². The smallest absolute Gasteiger partial charge is 0.136 e. The van der Waals surface area contributed by atoms with Gasteiger partial charge in [0.15, 0.2) is 0 Å². The van der Waals surface area contributed by atoms with E-state index in [-0.39, 0.29) is 5.82 Å². The van der Waals surface area contributed by atoms with E-state index in [1.165, 1.54) is 13.2 Å². The molecule has 1 aromatic rings. The highest BCUT2D eigenvalue weighted by Crippen LogP contribution is 2.19. The van der Waals surface area contributed by atoms with E-state index in [0.717, 1.165) is 12.0 Å². The first-order chi connectivity index (χ1) is 9.12. The maximum atomic E-state index is 14.0. The van der Waals surface area contributed by atoms with Gasteiger partial charge in [-0.1, -0.05) is 25.6 Å². The zero-order valence-electron chi connectivity index (χ0n) is 11.7. The predicted octanol–water partition coefficient (Wildman–Crippen LogP) is 3.93. The molecule has 3 nitrogen and oxygen atoms in total. The van der Waals surface area contributed by atoms with Gasteiger partial charge < -0.3 is 9.57 Å². The molecule has 0 fully saturated rings. The summed E-state index contributed by atoms with van der Waals surface area (Å²) in [6, 6.07) is 4.74. The summed E-state index contributed by atoms with van der Waals surface area (Å²) in [5.41, 5.74) is 1.98. The molecule has 0 bridgehead atoms. The minimum absolute atomic E-state index is 0.364. The summed E-state index contributed by atoms with van der Waals surface area (Å²) in [5, 5.41) is 3.81. The number of benzene rings is 1. The molecule has 0 aliphatic carbocycles. The Hall–Kier alpha value is -1.84. The molecule has 19 heavy (non-hydrogen) atoms. The van der Waals surface area contributed by atoms with Crippen molar-refractivity contribution in [1.29, 1.82) is 0 Å². The van der Waals surface area contributed by atoms with E-state index in [2.05, 4.69) is 11.7 Å². The average molecular weight is 265 g/mol. The van der Waals surface area contributed by atoms with Gasteiger partial charge in [-0.15, -0.1) is 0 Å². The van der Waals surface area contributed by atoms with Crippen LogP contribution in [0.4, 0.5) is 4.39 Å². The Labute approximate surface area is 113 Å². The van der Waals surface area contributed by atoms with Crippen LogP contribution in [0.2, 0.25) is 0 Å². The van der Waals surface area contributed by atoms with Gasteiger partial charge in [-0.05, 0) is 30.5 Å². The monoisotopic (exact) mass is 265 g/mol.